The number of pyridine rings is 2. The van der Waals surface area contributed by atoms with Crippen molar-refractivity contribution in [1.29, 1.82) is 0 Å². The highest BCUT2D eigenvalue weighted by molar-refractivity contribution is 5.91. The minimum atomic E-state index is -2.53. The van der Waals surface area contributed by atoms with Crippen LogP contribution in [0.2, 0.25) is 0 Å². The van der Waals surface area contributed by atoms with Crippen LogP contribution >= 0.6 is 0 Å². The van der Waals surface area contributed by atoms with Crippen LogP contribution in [0, 0.1) is 6.92 Å². The van der Waals surface area contributed by atoms with E-state index < -0.39 is 18.5 Å². The largest absolute Gasteiger partial charge is 0.364 e. The zero-order chi connectivity index (χ0) is 23.1. The zero-order valence-electron chi connectivity index (χ0n) is 17.8. The topological polar surface area (TPSA) is 90.5 Å². The average Bonchev–Trinajstić information content (AvgIpc) is 3.17. The Balaban J connectivity index is 1.75. The Bertz CT molecular complexity index is 1540. The summed E-state index contributed by atoms with van der Waals surface area (Å²) in [6, 6.07) is 12.2. The van der Waals surface area contributed by atoms with Gasteiger partial charge in [0.15, 0.2) is 0 Å². The maximum absolute atomic E-state index is 13.7. The fourth-order valence-corrected chi connectivity index (χ4v) is 3.68. The van der Waals surface area contributed by atoms with Gasteiger partial charge in [-0.25, -0.2) is 13.8 Å². The Labute approximate surface area is 186 Å². The molecule has 10 heteroatoms. The number of hydrogen-bond donors (Lipinski definition) is 1. The molecule has 0 atom stereocenters. The Morgan fingerprint density at radius 1 is 1.06 bits per heavy atom. The highest BCUT2D eigenvalue weighted by Gasteiger charge is 2.18. The third-order valence-electron chi connectivity index (χ3n) is 5.21. The molecule has 166 valence electrons. The lowest BCUT2D eigenvalue weighted by Crippen LogP contribution is -2.24. The number of alkyl halides is 2. The van der Waals surface area contributed by atoms with Crippen LogP contribution in [0.1, 0.15) is 5.69 Å². The van der Waals surface area contributed by atoms with Crippen LogP contribution in [0.5, 0.6) is 0 Å². The maximum atomic E-state index is 13.7. The fraction of sp³-hybridized carbons (Fsp3) is 0.174. The molecule has 1 aromatic carbocycles. The summed E-state index contributed by atoms with van der Waals surface area (Å²) in [5.41, 5.74) is 3.38. The number of anilines is 1. The Hall–Kier alpha value is -4.21. The number of nitrogens with one attached hydrogen (secondary N) is 1. The highest BCUT2D eigenvalue weighted by Crippen LogP contribution is 2.25. The average molecular weight is 447 g/mol. The Morgan fingerprint density at radius 3 is 2.64 bits per heavy atom. The number of benzene rings is 1. The first-order valence-corrected chi connectivity index (χ1v) is 10.2. The van der Waals surface area contributed by atoms with Gasteiger partial charge < -0.3 is 5.32 Å². The fourth-order valence-electron chi connectivity index (χ4n) is 3.68. The Morgan fingerprint density at radius 2 is 1.88 bits per heavy atom. The molecule has 0 saturated heterocycles. The molecule has 5 aromatic rings. The number of aromatic nitrogens is 6. The zero-order valence-corrected chi connectivity index (χ0v) is 17.8. The predicted molar refractivity (Wildman–Crippen MR) is 122 cm³/mol. The maximum Gasteiger partial charge on any atom is 0.281 e. The number of fused-ring (bicyclic) bond motifs is 2. The summed E-state index contributed by atoms with van der Waals surface area (Å²) >= 11 is 0. The first-order valence-electron chi connectivity index (χ1n) is 10.2. The van der Waals surface area contributed by atoms with Crippen LogP contribution in [0.4, 0.5) is 14.6 Å². The van der Waals surface area contributed by atoms with E-state index in [9.17, 15) is 13.6 Å². The summed E-state index contributed by atoms with van der Waals surface area (Å²) in [5.74, 6) is 0.236. The van der Waals surface area contributed by atoms with E-state index in [0.717, 1.165) is 16.6 Å². The normalized spacial score (nSPS) is 11.5. The van der Waals surface area contributed by atoms with Gasteiger partial charge in [0, 0.05) is 36.1 Å². The number of aryl methyl sites for hydroxylation is 2. The van der Waals surface area contributed by atoms with Gasteiger partial charge >= 0.3 is 0 Å². The van der Waals surface area contributed by atoms with Gasteiger partial charge in [0.05, 0.1) is 23.3 Å². The lowest BCUT2D eigenvalue weighted by molar-refractivity contribution is 0.163. The minimum absolute atomic E-state index is 0.236. The van der Waals surface area contributed by atoms with E-state index in [-0.39, 0.29) is 5.82 Å². The molecule has 0 saturated carbocycles. The molecule has 0 aliphatic rings. The van der Waals surface area contributed by atoms with Crippen molar-refractivity contribution in [2.75, 3.05) is 11.9 Å². The van der Waals surface area contributed by atoms with Crippen LogP contribution in [0.25, 0.3) is 38.8 Å². The molecule has 0 spiro atoms. The minimum Gasteiger partial charge on any atom is -0.364 e. The molecule has 4 aromatic heterocycles. The lowest BCUT2D eigenvalue weighted by atomic mass is 10.1. The number of rotatable bonds is 5. The highest BCUT2D eigenvalue weighted by atomic mass is 19.3. The van der Waals surface area contributed by atoms with E-state index in [1.54, 1.807) is 41.2 Å². The van der Waals surface area contributed by atoms with E-state index >= 15 is 0 Å². The summed E-state index contributed by atoms with van der Waals surface area (Å²) in [6.45, 7) is 1.30. The summed E-state index contributed by atoms with van der Waals surface area (Å²) in [6.07, 6.45) is 0.927. The van der Waals surface area contributed by atoms with Gasteiger partial charge in [-0.15, -0.1) is 0 Å². The van der Waals surface area contributed by atoms with Gasteiger partial charge in [0.25, 0.3) is 12.0 Å². The second-order valence-electron chi connectivity index (χ2n) is 7.66. The van der Waals surface area contributed by atoms with Crippen LogP contribution in [-0.2, 0) is 7.05 Å². The number of nitrogens with zero attached hydrogens (tertiary/aromatic N) is 6. The standard InChI is InChI=1S/C23H19F2N7O/c1-13-3-4-14(10-26-13)21-22-18(7-8-20(28-22)27-11-19(24)25)30-32(23(21)33)16-5-6-17-15(9-16)12-31(2)29-17/h3-10,12,19H,11H2,1-2H3,(H,27,28). The smallest absolute Gasteiger partial charge is 0.281 e. The van der Waals surface area contributed by atoms with E-state index in [0.29, 0.717) is 27.8 Å². The van der Waals surface area contributed by atoms with E-state index in [1.165, 1.54) is 4.68 Å². The van der Waals surface area contributed by atoms with Crippen LogP contribution < -0.4 is 10.9 Å². The molecule has 0 aliphatic carbocycles. The van der Waals surface area contributed by atoms with Gasteiger partial charge in [0.1, 0.15) is 16.9 Å². The summed E-state index contributed by atoms with van der Waals surface area (Å²) in [5, 5.41) is 12.3. The Kier molecular flexibility index (Phi) is 5.04. The van der Waals surface area contributed by atoms with Gasteiger partial charge in [0.2, 0.25) is 0 Å². The van der Waals surface area contributed by atoms with E-state index in [1.807, 2.05) is 32.3 Å². The monoisotopic (exact) mass is 447 g/mol. The molecular weight excluding hydrogens is 428 g/mol. The quantitative estimate of drug-likeness (QED) is 0.442. The number of hydrogen-bond acceptors (Lipinski definition) is 6. The van der Waals surface area contributed by atoms with Crippen molar-refractivity contribution in [3.8, 4) is 16.8 Å². The third-order valence-corrected chi connectivity index (χ3v) is 5.21. The van der Waals surface area contributed by atoms with Crippen molar-refractivity contribution in [1.82, 2.24) is 29.5 Å². The van der Waals surface area contributed by atoms with Crippen LogP contribution in [-0.4, -0.2) is 42.5 Å². The molecule has 8 nitrogen and oxygen atoms in total. The van der Waals surface area contributed by atoms with E-state index in [2.05, 4.69) is 25.5 Å². The molecule has 0 amide bonds. The van der Waals surface area contributed by atoms with Gasteiger partial charge in [-0.3, -0.25) is 14.5 Å². The second-order valence-corrected chi connectivity index (χ2v) is 7.66. The van der Waals surface area contributed by atoms with Gasteiger partial charge in [-0.1, -0.05) is 6.07 Å². The molecule has 0 unspecified atom stereocenters. The van der Waals surface area contributed by atoms with Crippen molar-refractivity contribution in [3.63, 3.8) is 0 Å². The van der Waals surface area contributed by atoms with Gasteiger partial charge in [-0.05, 0) is 43.3 Å². The number of halogens is 2. The molecule has 0 fully saturated rings. The summed E-state index contributed by atoms with van der Waals surface area (Å²) in [7, 11) is 1.83. The predicted octanol–water partition coefficient (Wildman–Crippen LogP) is 3.71. The first-order chi connectivity index (χ1) is 15.9. The summed E-state index contributed by atoms with van der Waals surface area (Å²) < 4.78 is 28.3. The SMILES string of the molecule is Cc1ccc(-c2c(=O)n(-c3ccc4nn(C)cc4c3)nc3ccc(NCC(F)F)nc23)cn1. The van der Waals surface area contributed by atoms with E-state index in [4.69, 9.17) is 0 Å². The molecule has 0 aliphatic heterocycles. The molecular formula is C23H19F2N7O. The molecule has 1 N–H and O–H groups in total. The van der Waals surface area contributed by atoms with Gasteiger partial charge in [-0.2, -0.15) is 14.9 Å². The van der Waals surface area contributed by atoms with Crippen molar-refractivity contribution < 1.29 is 8.78 Å². The first kappa shape index (κ1) is 20.7. The third kappa shape index (κ3) is 3.91. The van der Waals surface area contributed by atoms with Crippen molar-refractivity contribution in [3.05, 3.63) is 70.9 Å². The molecule has 0 bridgehead atoms. The summed E-state index contributed by atoms with van der Waals surface area (Å²) in [4.78, 5) is 22.4. The second kappa shape index (κ2) is 8.05. The molecule has 4 heterocycles. The molecule has 0 radical (unpaired) electrons. The lowest BCUT2D eigenvalue weighted by Gasteiger charge is -2.12. The van der Waals surface area contributed by atoms with Crippen LogP contribution in [0.3, 0.4) is 0 Å². The van der Waals surface area contributed by atoms with Crippen molar-refractivity contribution >= 4 is 27.8 Å². The van der Waals surface area contributed by atoms with Crippen molar-refractivity contribution in [2.24, 2.45) is 7.05 Å². The van der Waals surface area contributed by atoms with Crippen molar-refractivity contribution in [2.45, 2.75) is 13.3 Å². The molecule has 33 heavy (non-hydrogen) atoms. The van der Waals surface area contributed by atoms with Crippen LogP contribution in [0.15, 0.2) is 59.7 Å². The molecule has 5 rings (SSSR count).